The first-order valence-electron chi connectivity index (χ1n) is 30.8. The van der Waals surface area contributed by atoms with E-state index in [-0.39, 0.29) is 25.9 Å². The molecule has 0 bridgehead atoms. The molecular weight excluding hydrogens is 976 g/mol. The van der Waals surface area contributed by atoms with E-state index in [4.69, 9.17) is 23.3 Å². The number of hydrogen-bond acceptors (Lipinski definition) is 10. The van der Waals surface area contributed by atoms with E-state index < -0.39 is 57.8 Å². The van der Waals surface area contributed by atoms with E-state index >= 15 is 0 Å². The van der Waals surface area contributed by atoms with Crippen molar-refractivity contribution in [1.29, 1.82) is 0 Å². The standard InChI is InChI=1S/C64H113O11P/c1-4-7-10-13-16-19-22-25-28-29-30-31-34-37-40-43-46-49-52-55-64(68)75-61(57-71-62(66)53-50-47-44-41-38-35-32-26-23-20-17-14-11-8-5-2)59-73-76(69,70)72-58-60(56-65)74-63(67)54-51-48-45-42-39-36-33-27-24-21-18-15-12-9-6-3/h7,10,16,19,25,28,30-31,37,40,46,49,60-61,65H,4-6,8-9,11-15,17-18,20-24,26-27,29,32-36,38-39,41-45,47-48,50-59H2,1-3H3,(H,69,70)/b10-7-,19-16-,28-25-,31-30-,40-37-,49-46-. The van der Waals surface area contributed by atoms with Gasteiger partial charge in [0.1, 0.15) is 12.7 Å². The summed E-state index contributed by atoms with van der Waals surface area (Å²) in [5.41, 5.74) is 0. The summed E-state index contributed by atoms with van der Waals surface area (Å²) in [6.45, 7) is 4.49. The quantitative estimate of drug-likeness (QED) is 0.0197. The molecule has 76 heavy (non-hydrogen) atoms. The fraction of sp³-hybridized carbons (Fsp3) is 0.766. The number of rotatable bonds is 57. The van der Waals surface area contributed by atoms with Gasteiger partial charge in [-0.15, -0.1) is 0 Å². The van der Waals surface area contributed by atoms with Gasteiger partial charge in [-0.2, -0.15) is 0 Å². The van der Waals surface area contributed by atoms with Crippen molar-refractivity contribution >= 4 is 25.7 Å². The van der Waals surface area contributed by atoms with Gasteiger partial charge in [-0.1, -0.05) is 273 Å². The molecular formula is C64H113O11P. The molecule has 3 unspecified atom stereocenters. The highest BCUT2D eigenvalue weighted by Crippen LogP contribution is 2.43. The highest BCUT2D eigenvalue weighted by atomic mass is 31.2. The zero-order valence-corrected chi connectivity index (χ0v) is 49.6. The molecule has 0 radical (unpaired) electrons. The Bertz CT molecular complexity index is 1550. The fourth-order valence-corrected chi connectivity index (χ4v) is 9.29. The molecule has 0 saturated carbocycles. The van der Waals surface area contributed by atoms with Crippen LogP contribution in [0, 0.1) is 0 Å². The zero-order chi connectivity index (χ0) is 55.5. The number of hydrogen-bond donors (Lipinski definition) is 2. The normalized spacial score (nSPS) is 13.8. The van der Waals surface area contributed by atoms with Gasteiger partial charge in [-0.3, -0.25) is 23.4 Å². The summed E-state index contributed by atoms with van der Waals surface area (Å²) in [6, 6.07) is 0. The van der Waals surface area contributed by atoms with Gasteiger partial charge in [0.2, 0.25) is 0 Å². The van der Waals surface area contributed by atoms with Crippen LogP contribution < -0.4 is 0 Å². The van der Waals surface area contributed by atoms with Crippen LogP contribution in [0.4, 0.5) is 0 Å². The minimum absolute atomic E-state index is 0.0436. The first-order chi connectivity index (χ1) is 37.2. The second-order valence-electron chi connectivity index (χ2n) is 20.5. The highest BCUT2D eigenvalue weighted by molar-refractivity contribution is 7.47. The smallest absolute Gasteiger partial charge is 0.462 e. The summed E-state index contributed by atoms with van der Waals surface area (Å²) in [5, 5.41) is 9.83. The molecule has 0 spiro atoms. The van der Waals surface area contributed by atoms with Gasteiger partial charge in [0.25, 0.3) is 0 Å². The SMILES string of the molecule is CC/C=C\C/C=C\C/C=C\C/C=C\C/C=C\C/C=C\CCC(=O)OC(COC(=O)CCCCCCCCCCCCCCCCC)COP(=O)(O)OCC(CO)OC(=O)CCCCCCCCCCCCCCCCC. The van der Waals surface area contributed by atoms with Gasteiger partial charge in [-0.25, -0.2) is 4.57 Å². The van der Waals surface area contributed by atoms with Gasteiger partial charge >= 0.3 is 25.7 Å². The van der Waals surface area contributed by atoms with Crippen LogP contribution in [0.1, 0.15) is 278 Å². The lowest BCUT2D eigenvalue weighted by atomic mass is 10.0. The van der Waals surface area contributed by atoms with E-state index in [0.717, 1.165) is 77.0 Å². The molecule has 0 heterocycles. The van der Waals surface area contributed by atoms with Crippen LogP contribution >= 0.6 is 7.82 Å². The van der Waals surface area contributed by atoms with Crippen LogP contribution in [-0.2, 0) is 42.2 Å². The first-order valence-corrected chi connectivity index (χ1v) is 32.3. The molecule has 2 N–H and O–H groups in total. The third-order valence-corrected chi connectivity index (χ3v) is 14.1. The van der Waals surface area contributed by atoms with E-state index in [1.807, 2.05) is 12.2 Å². The van der Waals surface area contributed by atoms with Crippen LogP contribution in [0.2, 0.25) is 0 Å². The van der Waals surface area contributed by atoms with Crippen molar-refractivity contribution in [3.8, 4) is 0 Å². The molecule has 11 nitrogen and oxygen atoms in total. The Hall–Kier alpha value is -3.08. The molecule has 0 amide bonds. The molecule has 12 heteroatoms. The third kappa shape index (κ3) is 55.7. The number of phosphoric acid groups is 1. The predicted octanol–water partition coefficient (Wildman–Crippen LogP) is 18.5. The van der Waals surface area contributed by atoms with Crippen LogP contribution in [0.5, 0.6) is 0 Å². The number of phosphoric ester groups is 1. The van der Waals surface area contributed by atoms with E-state index in [2.05, 4.69) is 81.5 Å². The lowest BCUT2D eigenvalue weighted by Crippen LogP contribution is -2.30. The average Bonchev–Trinajstić information content (AvgIpc) is 3.41. The summed E-state index contributed by atoms with van der Waals surface area (Å²) >= 11 is 0. The van der Waals surface area contributed by atoms with Crippen LogP contribution in [0.3, 0.4) is 0 Å². The first kappa shape index (κ1) is 72.9. The highest BCUT2D eigenvalue weighted by Gasteiger charge is 2.28. The molecule has 3 atom stereocenters. The van der Waals surface area contributed by atoms with Crippen LogP contribution in [0.15, 0.2) is 72.9 Å². The maximum absolute atomic E-state index is 12.9. The lowest BCUT2D eigenvalue weighted by molar-refractivity contribution is -0.161. The number of carbonyl (C=O) groups excluding carboxylic acids is 3. The van der Waals surface area contributed by atoms with E-state index in [0.29, 0.717) is 19.3 Å². The molecule has 0 aliphatic carbocycles. The van der Waals surface area contributed by atoms with Gasteiger partial charge in [0.05, 0.1) is 19.8 Å². The minimum Gasteiger partial charge on any atom is -0.462 e. The molecule has 0 aromatic carbocycles. The van der Waals surface area contributed by atoms with Crippen LogP contribution in [-0.4, -0.2) is 66.5 Å². The number of carbonyl (C=O) groups is 3. The van der Waals surface area contributed by atoms with Crippen LogP contribution in [0.25, 0.3) is 0 Å². The fourth-order valence-electron chi connectivity index (χ4n) is 8.50. The predicted molar refractivity (Wildman–Crippen MR) is 316 cm³/mol. The Labute approximate surface area is 465 Å². The number of esters is 3. The molecule has 0 fully saturated rings. The summed E-state index contributed by atoms with van der Waals surface area (Å²) in [7, 11) is -4.77. The number of aliphatic hydroxyl groups excluding tert-OH is 1. The Morgan fingerprint density at radius 3 is 1.05 bits per heavy atom. The Morgan fingerprint density at radius 1 is 0.382 bits per heavy atom. The molecule has 0 saturated heterocycles. The van der Waals surface area contributed by atoms with Gasteiger partial charge < -0.3 is 24.2 Å². The van der Waals surface area contributed by atoms with Crippen molar-refractivity contribution in [3.05, 3.63) is 72.9 Å². The average molecular weight is 1090 g/mol. The monoisotopic (exact) mass is 1090 g/mol. The Balaban J connectivity index is 4.79. The van der Waals surface area contributed by atoms with Crippen molar-refractivity contribution < 1.29 is 52.2 Å². The molecule has 0 aromatic heterocycles. The molecule has 0 rings (SSSR count). The lowest BCUT2D eigenvalue weighted by Gasteiger charge is -2.21. The summed E-state index contributed by atoms with van der Waals surface area (Å²) in [5.74, 6) is -1.55. The largest absolute Gasteiger partial charge is 0.472 e. The minimum atomic E-state index is -4.77. The topological polar surface area (TPSA) is 155 Å². The zero-order valence-electron chi connectivity index (χ0n) is 48.7. The number of aliphatic hydroxyl groups is 1. The molecule has 0 aromatic rings. The van der Waals surface area contributed by atoms with E-state index in [1.54, 1.807) is 0 Å². The van der Waals surface area contributed by atoms with Crippen molar-refractivity contribution in [1.82, 2.24) is 0 Å². The third-order valence-electron chi connectivity index (χ3n) is 13.2. The van der Waals surface area contributed by atoms with E-state index in [1.165, 1.54) is 141 Å². The molecule has 0 aliphatic heterocycles. The van der Waals surface area contributed by atoms with E-state index in [9.17, 15) is 28.9 Å². The number of allylic oxidation sites excluding steroid dienone is 12. The second-order valence-corrected chi connectivity index (χ2v) is 22.0. The van der Waals surface area contributed by atoms with Crippen molar-refractivity contribution in [2.24, 2.45) is 0 Å². The second kappa shape index (κ2) is 58.1. The Kier molecular flexibility index (Phi) is 55.7. The van der Waals surface area contributed by atoms with Crippen molar-refractivity contribution in [2.75, 3.05) is 26.4 Å². The van der Waals surface area contributed by atoms with Crippen molar-refractivity contribution in [3.63, 3.8) is 0 Å². The van der Waals surface area contributed by atoms with Gasteiger partial charge in [0.15, 0.2) is 6.10 Å². The van der Waals surface area contributed by atoms with Gasteiger partial charge in [-0.05, 0) is 57.8 Å². The molecule has 0 aliphatic rings. The van der Waals surface area contributed by atoms with Crippen molar-refractivity contribution in [2.45, 2.75) is 290 Å². The Morgan fingerprint density at radius 2 is 0.684 bits per heavy atom. The summed E-state index contributed by atoms with van der Waals surface area (Å²) < 4.78 is 39.5. The number of unbranched alkanes of at least 4 members (excludes halogenated alkanes) is 28. The maximum Gasteiger partial charge on any atom is 0.472 e. The number of ether oxygens (including phenoxy) is 3. The summed E-state index contributed by atoms with van der Waals surface area (Å²) in [6.07, 6.45) is 65.8. The molecule has 440 valence electrons. The maximum atomic E-state index is 12.9. The van der Waals surface area contributed by atoms with Gasteiger partial charge in [0, 0.05) is 19.3 Å². The summed E-state index contributed by atoms with van der Waals surface area (Å²) in [4.78, 5) is 48.6.